The molecular weight excluding hydrogens is 350 g/mol. The molecule has 0 bridgehead atoms. The zero-order valence-corrected chi connectivity index (χ0v) is 15.1. The smallest absolute Gasteiger partial charge is 0.212 e. The van der Waals surface area contributed by atoms with Crippen LogP contribution in [0, 0.1) is 0 Å². The first kappa shape index (κ1) is 16.4. The molecule has 1 aliphatic heterocycles. The molecule has 0 spiro atoms. The van der Waals surface area contributed by atoms with Gasteiger partial charge < -0.3 is 10.5 Å². The van der Waals surface area contributed by atoms with Gasteiger partial charge in [0.1, 0.15) is 12.4 Å². The van der Waals surface area contributed by atoms with E-state index in [2.05, 4.69) is 19.9 Å². The molecule has 0 saturated heterocycles. The van der Waals surface area contributed by atoms with Crippen LogP contribution in [0.4, 0.5) is 5.95 Å². The van der Waals surface area contributed by atoms with E-state index >= 15 is 0 Å². The number of para-hydroxylation sites is 2. The van der Waals surface area contributed by atoms with Crippen LogP contribution in [0.3, 0.4) is 0 Å². The molecule has 3 aromatic carbocycles. The number of nitrogens with two attached hydrogens (primary N) is 1. The van der Waals surface area contributed by atoms with E-state index in [1.54, 1.807) is 0 Å². The van der Waals surface area contributed by atoms with Crippen LogP contribution < -0.4 is 15.8 Å². The predicted molar refractivity (Wildman–Crippen MR) is 110 cm³/mol. The van der Waals surface area contributed by atoms with Crippen LogP contribution in [0.15, 0.2) is 83.9 Å². The van der Waals surface area contributed by atoms with E-state index in [9.17, 15) is 0 Å². The van der Waals surface area contributed by atoms with E-state index in [-0.39, 0.29) is 6.17 Å². The molecule has 6 nitrogen and oxygen atoms in total. The third-order valence-electron chi connectivity index (χ3n) is 4.75. The molecule has 0 saturated carbocycles. The highest BCUT2D eigenvalue weighted by atomic mass is 16.5. The maximum atomic E-state index is 6.03. The summed E-state index contributed by atoms with van der Waals surface area (Å²) in [6.45, 7) is 0.515. The van der Waals surface area contributed by atoms with E-state index in [1.807, 2.05) is 78.9 Å². The number of hydrogen-bond acceptors (Lipinski definition) is 5. The summed E-state index contributed by atoms with van der Waals surface area (Å²) in [6, 6.07) is 26.1. The van der Waals surface area contributed by atoms with Crippen LogP contribution in [-0.2, 0) is 6.61 Å². The number of nitrogens with zero attached hydrogens (tertiary/aromatic N) is 3. The van der Waals surface area contributed by atoms with Crippen molar-refractivity contribution in [1.82, 2.24) is 9.55 Å². The molecule has 28 heavy (non-hydrogen) atoms. The predicted octanol–water partition coefficient (Wildman–Crippen LogP) is 3.90. The highest BCUT2D eigenvalue weighted by Crippen LogP contribution is 2.33. The van der Waals surface area contributed by atoms with Crippen molar-refractivity contribution in [3.63, 3.8) is 0 Å². The highest BCUT2D eigenvalue weighted by Gasteiger charge is 2.25. The summed E-state index contributed by atoms with van der Waals surface area (Å²) in [7, 11) is 0. The lowest BCUT2D eigenvalue weighted by molar-refractivity contribution is 0.305. The number of imidazole rings is 1. The molecule has 4 aromatic rings. The average Bonchev–Trinajstić information content (AvgIpc) is 3.11. The summed E-state index contributed by atoms with van der Waals surface area (Å²) in [4.78, 5) is 9.26. The Morgan fingerprint density at radius 2 is 1.79 bits per heavy atom. The van der Waals surface area contributed by atoms with Crippen molar-refractivity contribution < 1.29 is 4.74 Å². The molecule has 2 heterocycles. The van der Waals surface area contributed by atoms with E-state index in [0.717, 1.165) is 27.9 Å². The summed E-state index contributed by atoms with van der Waals surface area (Å²) in [5, 5.41) is 3.06. The number of nitrogens with one attached hydrogen (secondary N) is 1. The molecular formula is C22H19N5O. The molecule has 6 heteroatoms. The molecule has 3 N–H and O–H groups in total. The second-order valence-corrected chi connectivity index (χ2v) is 6.65. The standard InChI is InChI=1S/C22H19N5O/c23-21-25-20(27-19-12-5-4-11-18(19)24-22(27)26-21)16-9-6-10-17(13-16)28-14-15-7-2-1-3-8-15/h1-13,20H,14H2,(H3,23,24,25,26)/t20-/m0/s1. The van der Waals surface area contributed by atoms with Crippen molar-refractivity contribution in [3.8, 4) is 5.75 Å². The SMILES string of the molecule is NC1=N[C@H](c2cccc(OCc3ccccc3)c2)n2c(nc3ccccc32)N1. The minimum Gasteiger partial charge on any atom is -0.489 e. The fourth-order valence-corrected chi connectivity index (χ4v) is 3.45. The zero-order valence-electron chi connectivity index (χ0n) is 15.1. The first-order valence-corrected chi connectivity index (χ1v) is 9.12. The first-order chi connectivity index (χ1) is 13.8. The van der Waals surface area contributed by atoms with E-state index in [1.165, 1.54) is 0 Å². The minimum atomic E-state index is -0.302. The van der Waals surface area contributed by atoms with Crippen LogP contribution in [0.25, 0.3) is 11.0 Å². The molecule has 0 fully saturated rings. The van der Waals surface area contributed by atoms with Gasteiger partial charge in [0.05, 0.1) is 11.0 Å². The van der Waals surface area contributed by atoms with Crippen LogP contribution in [-0.4, -0.2) is 15.5 Å². The maximum Gasteiger partial charge on any atom is 0.212 e. The highest BCUT2D eigenvalue weighted by molar-refractivity contribution is 5.94. The second-order valence-electron chi connectivity index (χ2n) is 6.65. The number of aliphatic imine (C=N–C) groups is 1. The summed E-state index contributed by atoms with van der Waals surface area (Å²) >= 11 is 0. The summed E-state index contributed by atoms with van der Waals surface area (Å²) in [5.74, 6) is 1.83. The lowest BCUT2D eigenvalue weighted by atomic mass is 10.1. The molecule has 5 rings (SSSR count). The number of guanidine groups is 1. The molecule has 1 aliphatic rings. The maximum absolute atomic E-state index is 6.03. The lowest BCUT2D eigenvalue weighted by Gasteiger charge is -2.24. The Bertz CT molecular complexity index is 1170. The fraction of sp³-hybridized carbons (Fsp3) is 0.0909. The minimum absolute atomic E-state index is 0.302. The largest absolute Gasteiger partial charge is 0.489 e. The molecule has 0 aliphatic carbocycles. The van der Waals surface area contributed by atoms with Gasteiger partial charge in [-0.05, 0) is 29.8 Å². The number of rotatable bonds is 4. The van der Waals surface area contributed by atoms with Crippen molar-refractivity contribution in [2.45, 2.75) is 12.8 Å². The molecule has 1 aromatic heterocycles. The van der Waals surface area contributed by atoms with Crippen molar-refractivity contribution >= 4 is 22.9 Å². The van der Waals surface area contributed by atoms with Crippen LogP contribution in [0.2, 0.25) is 0 Å². The molecule has 0 amide bonds. The first-order valence-electron chi connectivity index (χ1n) is 9.12. The van der Waals surface area contributed by atoms with Crippen LogP contribution in [0.5, 0.6) is 5.75 Å². The Kier molecular flexibility index (Phi) is 3.94. The van der Waals surface area contributed by atoms with Crippen LogP contribution >= 0.6 is 0 Å². The Labute approximate surface area is 162 Å². The topological polar surface area (TPSA) is 77.5 Å². The quantitative estimate of drug-likeness (QED) is 0.572. The molecule has 138 valence electrons. The van der Waals surface area contributed by atoms with Crippen molar-refractivity contribution in [1.29, 1.82) is 0 Å². The normalized spacial score (nSPS) is 15.6. The van der Waals surface area contributed by atoms with Gasteiger partial charge in [-0.3, -0.25) is 9.88 Å². The fourth-order valence-electron chi connectivity index (χ4n) is 3.45. The summed E-state index contributed by atoms with van der Waals surface area (Å²) in [6.07, 6.45) is -0.302. The number of aromatic nitrogens is 2. The number of fused-ring (bicyclic) bond motifs is 3. The molecule has 0 radical (unpaired) electrons. The average molecular weight is 369 g/mol. The monoisotopic (exact) mass is 369 g/mol. The lowest BCUT2D eigenvalue weighted by Crippen LogP contribution is -2.31. The summed E-state index contributed by atoms with van der Waals surface area (Å²) < 4.78 is 8.04. The van der Waals surface area contributed by atoms with Gasteiger partial charge >= 0.3 is 0 Å². The van der Waals surface area contributed by atoms with Crippen molar-refractivity contribution in [2.24, 2.45) is 10.7 Å². The van der Waals surface area contributed by atoms with Gasteiger partial charge in [0.15, 0.2) is 12.1 Å². The van der Waals surface area contributed by atoms with Gasteiger partial charge in [-0.2, -0.15) is 0 Å². The Morgan fingerprint density at radius 3 is 2.68 bits per heavy atom. The Balaban J connectivity index is 1.50. The summed E-state index contributed by atoms with van der Waals surface area (Å²) in [5.41, 5.74) is 10.0. The Morgan fingerprint density at radius 1 is 0.964 bits per heavy atom. The molecule has 0 unspecified atom stereocenters. The third-order valence-corrected chi connectivity index (χ3v) is 4.75. The number of ether oxygens (including phenoxy) is 1. The molecule has 1 atom stereocenters. The van der Waals surface area contributed by atoms with E-state index in [0.29, 0.717) is 18.5 Å². The number of hydrogen-bond donors (Lipinski definition) is 2. The van der Waals surface area contributed by atoms with Crippen molar-refractivity contribution in [3.05, 3.63) is 90.0 Å². The van der Waals surface area contributed by atoms with Gasteiger partial charge in [-0.15, -0.1) is 0 Å². The van der Waals surface area contributed by atoms with Gasteiger partial charge in [-0.1, -0.05) is 54.6 Å². The number of benzene rings is 3. The van der Waals surface area contributed by atoms with E-state index in [4.69, 9.17) is 10.5 Å². The Hall–Kier alpha value is -3.80. The van der Waals surface area contributed by atoms with Crippen molar-refractivity contribution in [2.75, 3.05) is 5.32 Å². The third kappa shape index (κ3) is 2.95. The van der Waals surface area contributed by atoms with Gasteiger partial charge in [0, 0.05) is 5.56 Å². The van der Waals surface area contributed by atoms with Crippen LogP contribution in [0.1, 0.15) is 17.3 Å². The van der Waals surface area contributed by atoms with Gasteiger partial charge in [0.2, 0.25) is 5.95 Å². The van der Waals surface area contributed by atoms with Gasteiger partial charge in [-0.25, -0.2) is 9.98 Å². The number of anilines is 1. The zero-order chi connectivity index (χ0) is 18.9. The van der Waals surface area contributed by atoms with E-state index < -0.39 is 0 Å². The van der Waals surface area contributed by atoms with Gasteiger partial charge in [0.25, 0.3) is 0 Å². The second kappa shape index (κ2) is 6.74.